The molecule has 15 heavy (non-hydrogen) atoms. The van der Waals surface area contributed by atoms with Gasteiger partial charge in [0.1, 0.15) is 0 Å². The van der Waals surface area contributed by atoms with E-state index in [4.69, 9.17) is 0 Å². The third-order valence-electron chi connectivity index (χ3n) is 2.09. The van der Waals surface area contributed by atoms with Crippen LogP contribution < -0.4 is 0 Å². The Kier molecular flexibility index (Phi) is 5.23. The van der Waals surface area contributed by atoms with Gasteiger partial charge in [0.05, 0.1) is 7.11 Å². The quantitative estimate of drug-likeness (QED) is 0.544. The van der Waals surface area contributed by atoms with Crippen LogP contribution in [-0.2, 0) is 9.53 Å². The molecule has 1 rings (SSSR count). The Labute approximate surface area is 90.6 Å². The van der Waals surface area contributed by atoms with Crippen LogP contribution in [0.1, 0.15) is 24.8 Å². The molecule has 0 unspecified atom stereocenters. The first-order valence-corrected chi connectivity index (χ1v) is 5.11. The van der Waals surface area contributed by atoms with Gasteiger partial charge < -0.3 is 4.74 Å². The molecule has 0 aromatic heterocycles. The lowest BCUT2D eigenvalue weighted by atomic mass is 10.1. The normalized spacial score (nSPS) is 10.5. The average Bonchev–Trinajstić information content (AvgIpc) is 2.29. The van der Waals surface area contributed by atoms with Crippen LogP contribution in [0.2, 0.25) is 0 Å². The van der Waals surface area contributed by atoms with Gasteiger partial charge in [-0.1, -0.05) is 42.5 Å². The summed E-state index contributed by atoms with van der Waals surface area (Å²) in [5, 5.41) is 0. The number of hydrogen-bond acceptors (Lipinski definition) is 2. The minimum atomic E-state index is -0.136. The molecular formula is C13H16O2. The van der Waals surface area contributed by atoms with Gasteiger partial charge in [-0.25, -0.2) is 0 Å². The number of hydrogen-bond donors (Lipinski definition) is 0. The Hall–Kier alpha value is -1.57. The first kappa shape index (κ1) is 11.5. The molecular weight excluding hydrogens is 188 g/mol. The number of methoxy groups -OCH3 is 1. The zero-order valence-corrected chi connectivity index (χ0v) is 8.98. The van der Waals surface area contributed by atoms with Crippen molar-refractivity contribution >= 4 is 12.0 Å². The molecule has 0 amide bonds. The smallest absolute Gasteiger partial charge is 0.305 e. The van der Waals surface area contributed by atoms with Crippen LogP contribution in [0.4, 0.5) is 0 Å². The minimum Gasteiger partial charge on any atom is -0.469 e. The molecule has 0 atom stereocenters. The van der Waals surface area contributed by atoms with Gasteiger partial charge in [-0.05, 0) is 18.4 Å². The maximum absolute atomic E-state index is 10.8. The largest absolute Gasteiger partial charge is 0.469 e. The van der Waals surface area contributed by atoms with Crippen LogP contribution in [-0.4, -0.2) is 13.1 Å². The molecule has 0 aliphatic heterocycles. The molecule has 0 heterocycles. The van der Waals surface area contributed by atoms with Gasteiger partial charge in [0, 0.05) is 6.42 Å². The summed E-state index contributed by atoms with van der Waals surface area (Å²) in [5.74, 6) is -0.136. The molecule has 2 nitrogen and oxygen atoms in total. The van der Waals surface area contributed by atoms with E-state index >= 15 is 0 Å². The monoisotopic (exact) mass is 204 g/mol. The standard InChI is InChI=1S/C13H16O2/c1-15-13(14)11-7-3-6-10-12-8-4-2-5-9-12/h2,4-6,8-10H,3,7,11H2,1H3. The predicted octanol–water partition coefficient (Wildman–Crippen LogP) is 3.04. The van der Waals surface area contributed by atoms with E-state index < -0.39 is 0 Å². The fourth-order valence-corrected chi connectivity index (χ4v) is 1.25. The molecule has 1 aromatic rings. The number of benzene rings is 1. The van der Waals surface area contributed by atoms with Crippen LogP contribution in [0.3, 0.4) is 0 Å². The topological polar surface area (TPSA) is 26.3 Å². The molecule has 0 saturated heterocycles. The lowest BCUT2D eigenvalue weighted by molar-refractivity contribution is -0.140. The molecule has 0 N–H and O–H groups in total. The van der Waals surface area contributed by atoms with Crippen molar-refractivity contribution in [1.29, 1.82) is 0 Å². The summed E-state index contributed by atoms with van der Waals surface area (Å²) in [7, 11) is 1.42. The van der Waals surface area contributed by atoms with E-state index in [1.807, 2.05) is 18.2 Å². The Morgan fingerprint density at radius 1 is 1.33 bits per heavy atom. The van der Waals surface area contributed by atoms with E-state index in [0.717, 1.165) is 12.8 Å². The van der Waals surface area contributed by atoms with Crippen LogP contribution in [0.25, 0.3) is 6.08 Å². The zero-order chi connectivity index (χ0) is 10.9. The molecule has 1 aromatic carbocycles. The van der Waals surface area contributed by atoms with Crippen molar-refractivity contribution < 1.29 is 9.53 Å². The Bertz CT molecular complexity index is 315. The van der Waals surface area contributed by atoms with Crippen molar-refractivity contribution in [3.8, 4) is 0 Å². The summed E-state index contributed by atoms with van der Waals surface area (Å²) in [5.41, 5.74) is 1.19. The highest BCUT2D eigenvalue weighted by Crippen LogP contribution is 2.04. The Morgan fingerprint density at radius 3 is 2.73 bits per heavy atom. The molecule has 0 bridgehead atoms. The van der Waals surface area contributed by atoms with E-state index in [9.17, 15) is 4.79 Å². The van der Waals surface area contributed by atoms with Crippen molar-refractivity contribution in [1.82, 2.24) is 0 Å². The van der Waals surface area contributed by atoms with Crippen molar-refractivity contribution in [3.63, 3.8) is 0 Å². The van der Waals surface area contributed by atoms with Crippen molar-refractivity contribution in [2.75, 3.05) is 7.11 Å². The average molecular weight is 204 g/mol. The van der Waals surface area contributed by atoms with E-state index in [0.29, 0.717) is 6.42 Å². The van der Waals surface area contributed by atoms with Gasteiger partial charge in [-0.2, -0.15) is 0 Å². The van der Waals surface area contributed by atoms with Crippen LogP contribution in [0, 0.1) is 0 Å². The molecule has 0 radical (unpaired) electrons. The maximum atomic E-state index is 10.8. The summed E-state index contributed by atoms with van der Waals surface area (Å²) in [6, 6.07) is 10.1. The van der Waals surface area contributed by atoms with E-state index in [1.165, 1.54) is 12.7 Å². The summed E-state index contributed by atoms with van der Waals surface area (Å²) in [4.78, 5) is 10.8. The number of rotatable bonds is 5. The van der Waals surface area contributed by atoms with E-state index in [2.05, 4.69) is 29.0 Å². The van der Waals surface area contributed by atoms with Gasteiger partial charge in [-0.3, -0.25) is 4.79 Å². The third-order valence-corrected chi connectivity index (χ3v) is 2.09. The van der Waals surface area contributed by atoms with Gasteiger partial charge in [0.15, 0.2) is 0 Å². The highest BCUT2D eigenvalue weighted by Gasteiger charge is 1.96. The molecule has 0 saturated carbocycles. The summed E-state index contributed by atoms with van der Waals surface area (Å²) >= 11 is 0. The van der Waals surface area contributed by atoms with Gasteiger partial charge in [-0.15, -0.1) is 0 Å². The van der Waals surface area contributed by atoms with Gasteiger partial charge in [0.2, 0.25) is 0 Å². The lowest BCUT2D eigenvalue weighted by Gasteiger charge is -1.96. The zero-order valence-electron chi connectivity index (χ0n) is 8.98. The summed E-state index contributed by atoms with van der Waals surface area (Å²) < 4.78 is 4.55. The van der Waals surface area contributed by atoms with Crippen LogP contribution in [0.5, 0.6) is 0 Å². The number of carbonyl (C=O) groups is 1. The van der Waals surface area contributed by atoms with Crippen molar-refractivity contribution in [3.05, 3.63) is 42.0 Å². The Balaban J connectivity index is 2.20. The molecule has 0 spiro atoms. The molecule has 80 valence electrons. The number of esters is 1. The maximum Gasteiger partial charge on any atom is 0.305 e. The number of ether oxygens (including phenoxy) is 1. The fraction of sp³-hybridized carbons (Fsp3) is 0.308. The molecule has 0 aliphatic rings. The highest BCUT2D eigenvalue weighted by molar-refractivity contribution is 5.69. The SMILES string of the molecule is COC(=O)CCCC=Cc1ccccc1. The molecule has 0 aliphatic carbocycles. The lowest BCUT2D eigenvalue weighted by Crippen LogP contribution is -1.98. The second kappa shape index (κ2) is 6.82. The van der Waals surface area contributed by atoms with Crippen molar-refractivity contribution in [2.45, 2.75) is 19.3 Å². The fourth-order valence-electron chi connectivity index (χ4n) is 1.25. The second-order valence-corrected chi connectivity index (χ2v) is 3.28. The first-order valence-electron chi connectivity index (χ1n) is 5.11. The minimum absolute atomic E-state index is 0.136. The highest BCUT2D eigenvalue weighted by atomic mass is 16.5. The molecule has 2 heteroatoms. The first-order chi connectivity index (χ1) is 7.33. The van der Waals surface area contributed by atoms with Crippen LogP contribution >= 0.6 is 0 Å². The summed E-state index contributed by atoms with van der Waals surface area (Å²) in [6.07, 6.45) is 6.39. The summed E-state index contributed by atoms with van der Waals surface area (Å²) in [6.45, 7) is 0. The predicted molar refractivity (Wildman–Crippen MR) is 61.3 cm³/mol. The third kappa shape index (κ3) is 5.01. The van der Waals surface area contributed by atoms with E-state index in [-0.39, 0.29) is 5.97 Å². The van der Waals surface area contributed by atoms with Gasteiger partial charge >= 0.3 is 5.97 Å². The van der Waals surface area contributed by atoms with Crippen LogP contribution in [0.15, 0.2) is 36.4 Å². The van der Waals surface area contributed by atoms with E-state index in [1.54, 1.807) is 0 Å². The molecule has 0 fully saturated rings. The van der Waals surface area contributed by atoms with Gasteiger partial charge in [0.25, 0.3) is 0 Å². The van der Waals surface area contributed by atoms with Crippen molar-refractivity contribution in [2.24, 2.45) is 0 Å². The number of carbonyl (C=O) groups excluding carboxylic acids is 1. The number of unbranched alkanes of at least 4 members (excludes halogenated alkanes) is 1. The second-order valence-electron chi connectivity index (χ2n) is 3.28. The Morgan fingerprint density at radius 2 is 2.07 bits per heavy atom. The number of allylic oxidation sites excluding steroid dienone is 1.